The van der Waals surface area contributed by atoms with Crippen molar-refractivity contribution < 1.29 is 29.2 Å². The summed E-state index contributed by atoms with van der Waals surface area (Å²) in [6.07, 6.45) is -0.605. The number of hydrogen-bond acceptors (Lipinski definition) is 5. The van der Waals surface area contributed by atoms with E-state index in [4.69, 9.17) is 14.2 Å². The van der Waals surface area contributed by atoms with Gasteiger partial charge in [-0.2, -0.15) is 0 Å². The summed E-state index contributed by atoms with van der Waals surface area (Å²) < 4.78 is 16.6. The zero-order chi connectivity index (χ0) is 21.2. The molecule has 0 fully saturated rings. The zero-order valence-corrected chi connectivity index (χ0v) is 17.2. The highest BCUT2D eigenvalue weighted by molar-refractivity contribution is 5.72. The fourth-order valence-corrected chi connectivity index (χ4v) is 2.75. The highest BCUT2D eigenvalue weighted by Gasteiger charge is 2.20. The van der Waals surface area contributed by atoms with Crippen LogP contribution in [0.4, 0.5) is 0 Å². The molecule has 0 bridgehead atoms. The smallest absolute Gasteiger partial charge is 0.333 e. The van der Waals surface area contributed by atoms with Crippen LogP contribution in [0.15, 0.2) is 48.5 Å². The lowest BCUT2D eigenvalue weighted by molar-refractivity contribution is -0.153. The molecule has 2 unspecified atom stereocenters. The van der Waals surface area contributed by atoms with Crippen molar-refractivity contribution in [3.8, 4) is 11.5 Å². The van der Waals surface area contributed by atoms with Gasteiger partial charge in [-0.25, -0.2) is 4.79 Å². The van der Waals surface area contributed by atoms with E-state index in [1.54, 1.807) is 24.3 Å². The van der Waals surface area contributed by atoms with Gasteiger partial charge in [0.25, 0.3) is 0 Å². The van der Waals surface area contributed by atoms with Crippen molar-refractivity contribution in [3.05, 3.63) is 59.7 Å². The van der Waals surface area contributed by atoms with Gasteiger partial charge in [0, 0.05) is 6.42 Å². The number of rotatable bonds is 12. The van der Waals surface area contributed by atoms with Crippen molar-refractivity contribution in [1.82, 2.24) is 0 Å². The maximum Gasteiger partial charge on any atom is 0.333 e. The third kappa shape index (κ3) is 8.13. The number of aliphatic hydroxyl groups excluding tert-OH is 1. The van der Waals surface area contributed by atoms with E-state index in [1.165, 1.54) is 5.56 Å². The lowest BCUT2D eigenvalue weighted by Crippen LogP contribution is -2.29. The number of benzene rings is 2. The van der Waals surface area contributed by atoms with Crippen LogP contribution in [0, 0.1) is 0 Å². The van der Waals surface area contributed by atoms with Crippen molar-refractivity contribution in [2.75, 3.05) is 13.2 Å². The largest absolute Gasteiger partial charge is 0.491 e. The first-order valence-corrected chi connectivity index (χ1v) is 9.87. The third-order valence-corrected chi connectivity index (χ3v) is 4.25. The number of aliphatic hydroxyl groups is 1. The van der Waals surface area contributed by atoms with E-state index in [-0.39, 0.29) is 25.7 Å². The molecular formula is C23H30O6. The Hall–Kier alpha value is -2.57. The van der Waals surface area contributed by atoms with Gasteiger partial charge in [0.1, 0.15) is 30.8 Å². The van der Waals surface area contributed by atoms with E-state index < -0.39 is 18.2 Å². The van der Waals surface area contributed by atoms with Gasteiger partial charge in [-0.15, -0.1) is 0 Å². The Kier molecular flexibility index (Phi) is 8.96. The van der Waals surface area contributed by atoms with E-state index in [0.29, 0.717) is 5.75 Å². The Morgan fingerprint density at radius 3 is 2.21 bits per heavy atom. The van der Waals surface area contributed by atoms with Gasteiger partial charge in [-0.05, 0) is 55.7 Å². The normalized spacial score (nSPS) is 13.1. The summed E-state index contributed by atoms with van der Waals surface area (Å²) in [5, 5.41) is 19.3. The van der Waals surface area contributed by atoms with Crippen molar-refractivity contribution in [3.63, 3.8) is 0 Å². The highest BCUT2D eigenvalue weighted by Crippen LogP contribution is 2.16. The van der Waals surface area contributed by atoms with Crippen molar-refractivity contribution in [2.24, 2.45) is 0 Å². The molecule has 2 aromatic carbocycles. The number of carboxylic acid groups (broad SMARTS) is 1. The molecule has 2 N–H and O–H groups in total. The quantitative estimate of drug-likeness (QED) is 0.565. The molecule has 0 saturated carbocycles. The summed E-state index contributed by atoms with van der Waals surface area (Å²) in [5.74, 6) is 0.341. The van der Waals surface area contributed by atoms with Crippen LogP contribution in [0.3, 0.4) is 0 Å². The van der Waals surface area contributed by atoms with E-state index in [9.17, 15) is 15.0 Å². The van der Waals surface area contributed by atoms with Crippen molar-refractivity contribution in [2.45, 2.75) is 51.9 Å². The van der Waals surface area contributed by atoms with E-state index in [1.807, 2.05) is 38.1 Å². The van der Waals surface area contributed by atoms with E-state index >= 15 is 0 Å². The first kappa shape index (κ1) is 22.7. The lowest BCUT2D eigenvalue weighted by Gasteiger charge is -2.17. The molecule has 2 atom stereocenters. The van der Waals surface area contributed by atoms with Crippen LogP contribution in [0.1, 0.15) is 31.9 Å². The molecule has 0 aliphatic rings. The molecule has 29 heavy (non-hydrogen) atoms. The molecule has 0 aromatic heterocycles. The summed E-state index contributed by atoms with van der Waals surface area (Å²) in [6, 6.07) is 14.9. The van der Waals surface area contributed by atoms with Crippen molar-refractivity contribution in [1.29, 1.82) is 0 Å². The van der Waals surface area contributed by atoms with Crippen LogP contribution < -0.4 is 9.47 Å². The van der Waals surface area contributed by atoms with Gasteiger partial charge in [-0.1, -0.05) is 31.2 Å². The Balaban J connectivity index is 1.79. The first-order valence-electron chi connectivity index (χ1n) is 9.87. The Bertz CT molecular complexity index is 756. The highest BCUT2D eigenvalue weighted by atomic mass is 16.5. The summed E-state index contributed by atoms with van der Waals surface area (Å²) in [7, 11) is 0. The average molecular weight is 402 g/mol. The molecule has 0 spiro atoms. The molecule has 0 amide bonds. The second-order valence-corrected chi connectivity index (χ2v) is 7.14. The minimum atomic E-state index is -0.980. The van der Waals surface area contributed by atoms with Crippen LogP contribution >= 0.6 is 0 Å². The van der Waals surface area contributed by atoms with Crippen LogP contribution in [0.25, 0.3) is 0 Å². The number of aliphatic carboxylic acids is 1. The molecule has 0 saturated heterocycles. The second kappa shape index (κ2) is 11.4. The number of aryl methyl sites for hydroxylation is 1. The van der Waals surface area contributed by atoms with Crippen molar-refractivity contribution >= 4 is 5.97 Å². The summed E-state index contributed by atoms with van der Waals surface area (Å²) in [5.41, 5.74) is 2.02. The van der Waals surface area contributed by atoms with Crippen LogP contribution in [0.5, 0.6) is 11.5 Å². The molecule has 2 rings (SSSR count). The molecule has 0 heterocycles. The van der Waals surface area contributed by atoms with E-state index in [2.05, 4.69) is 6.92 Å². The van der Waals surface area contributed by atoms with Gasteiger partial charge in [0.15, 0.2) is 6.10 Å². The molecule has 6 nitrogen and oxygen atoms in total. The molecule has 0 aliphatic heterocycles. The first-order chi connectivity index (χ1) is 13.9. The van der Waals surface area contributed by atoms with Gasteiger partial charge >= 0.3 is 5.97 Å². The number of carboxylic acids is 1. The van der Waals surface area contributed by atoms with Gasteiger partial charge in [0.2, 0.25) is 0 Å². The number of hydrogen-bond donors (Lipinski definition) is 2. The minimum Gasteiger partial charge on any atom is -0.491 e. The Morgan fingerprint density at radius 1 is 0.966 bits per heavy atom. The predicted octanol–water partition coefficient (Wildman–Crippen LogP) is 3.49. The standard InChI is InChI=1S/C23H30O6/c1-4-17-6-5-7-21(12-17)28-15-19(24)14-27-20-10-8-18(9-11-20)13-22(23(25)26)29-16(2)3/h5-12,16,19,22,24H,4,13-15H2,1-3H3,(H,25,26). The summed E-state index contributed by atoms with van der Waals surface area (Å²) in [4.78, 5) is 11.3. The summed E-state index contributed by atoms with van der Waals surface area (Å²) >= 11 is 0. The fraction of sp³-hybridized carbons (Fsp3) is 0.435. The van der Waals surface area contributed by atoms with Crippen LogP contribution in [-0.4, -0.2) is 47.7 Å². The third-order valence-electron chi connectivity index (χ3n) is 4.25. The van der Waals surface area contributed by atoms with Crippen LogP contribution in [-0.2, 0) is 22.4 Å². The Labute approximate surface area is 172 Å². The van der Waals surface area contributed by atoms with Gasteiger partial charge < -0.3 is 24.4 Å². The molecular weight excluding hydrogens is 372 g/mol. The van der Waals surface area contributed by atoms with Gasteiger partial charge in [0.05, 0.1) is 6.10 Å². The average Bonchev–Trinajstić information content (AvgIpc) is 2.71. The second-order valence-electron chi connectivity index (χ2n) is 7.14. The molecule has 6 heteroatoms. The molecule has 0 radical (unpaired) electrons. The fourth-order valence-electron chi connectivity index (χ4n) is 2.75. The maximum atomic E-state index is 11.3. The monoisotopic (exact) mass is 402 g/mol. The summed E-state index contributed by atoms with van der Waals surface area (Å²) in [6.45, 7) is 5.93. The lowest BCUT2D eigenvalue weighted by atomic mass is 10.1. The topological polar surface area (TPSA) is 85.2 Å². The Morgan fingerprint density at radius 2 is 1.62 bits per heavy atom. The predicted molar refractivity (Wildman–Crippen MR) is 111 cm³/mol. The molecule has 158 valence electrons. The SMILES string of the molecule is CCc1cccc(OCC(O)COc2ccc(CC(OC(C)C)C(=O)O)cc2)c1. The minimum absolute atomic E-state index is 0.0982. The number of carbonyl (C=O) groups is 1. The van der Waals surface area contributed by atoms with Gasteiger partial charge in [-0.3, -0.25) is 0 Å². The number of ether oxygens (including phenoxy) is 3. The van der Waals surface area contributed by atoms with Crippen LogP contribution in [0.2, 0.25) is 0 Å². The zero-order valence-electron chi connectivity index (χ0n) is 17.2. The maximum absolute atomic E-state index is 11.3. The molecule has 0 aliphatic carbocycles. The van der Waals surface area contributed by atoms with E-state index in [0.717, 1.165) is 17.7 Å². The molecule has 2 aromatic rings.